The highest BCUT2D eigenvalue weighted by Crippen LogP contribution is 2.37. The van der Waals surface area contributed by atoms with Crippen LogP contribution < -0.4 is 10.1 Å². The molecule has 2 nitrogen and oxygen atoms in total. The van der Waals surface area contributed by atoms with E-state index in [1.807, 2.05) is 18.7 Å². The molecule has 1 heterocycles. The van der Waals surface area contributed by atoms with Gasteiger partial charge in [0.25, 0.3) is 0 Å². The lowest BCUT2D eigenvalue weighted by Gasteiger charge is -2.39. The fourth-order valence-corrected chi connectivity index (χ4v) is 3.86. The standard InChI is InChI=1S/C15H22FNOS/c1-4-18-13-9-11(16)5-6-12(13)17-14-10-19-8-7-15(14,2)3/h5-6,9,14,17H,4,7-8,10H2,1-3H3. The monoisotopic (exact) mass is 283 g/mol. The fraction of sp³-hybridized carbons (Fsp3) is 0.600. The molecule has 0 bridgehead atoms. The molecule has 0 radical (unpaired) electrons. The Morgan fingerprint density at radius 1 is 1.47 bits per heavy atom. The van der Waals surface area contributed by atoms with Crippen LogP contribution in [0.3, 0.4) is 0 Å². The first-order valence-electron chi connectivity index (χ1n) is 6.79. The molecule has 1 aromatic rings. The molecule has 1 N–H and O–H groups in total. The van der Waals surface area contributed by atoms with E-state index in [-0.39, 0.29) is 11.2 Å². The van der Waals surface area contributed by atoms with Crippen molar-refractivity contribution < 1.29 is 9.13 Å². The molecule has 1 aliphatic heterocycles. The molecule has 0 aliphatic carbocycles. The summed E-state index contributed by atoms with van der Waals surface area (Å²) in [5, 5.41) is 3.54. The Balaban J connectivity index is 2.17. The summed E-state index contributed by atoms with van der Waals surface area (Å²) in [6.07, 6.45) is 1.19. The van der Waals surface area contributed by atoms with E-state index < -0.39 is 0 Å². The second kappa shape index (κ2) is 6.04. The molecule has 4 heteroatoms. The first kappa shape index (κ1) is 14.5. The number of thioether (sulfide) groups is 1. The van der Waals surface area contributed by atoms with Gasteiger partial charge in [0.1, 0.15) is 11.6 Å². The van der Waals surface area contributed by atoms with Crippen LogP contribution in [0.25, 0.3) is 0 Å². The highest BCUT2D eigenvalue weighted by molar-refractivity contribution is 7.99. The van der Waals surface area contributed by atoms with Gasteiger partial charge in [0.05, 0.1) is 12.3 Å². The average molecular weight is 283 g/mol. The highest BCUT2D eigenvalue weighted by Gasteiger charge is 2.32. The second-order valence-electron chi connectivity index (χ2n) is 5.58. The van der Waals surface area contributed by atoms with Gasteiger partial charge in [0.2, 0.25) is 0 Å². The van der Waals surface area contributed by atoms with Gasteiger partial charge in [-0.3, -0.25) is 0 Å². The molecule has 1 aliphatic rings. The summed E-state index contributed by atoms with van der Waals surface area (Å²) >= 11 is 1.97. The Hall–Kier alpha value is -0.900. The van der Waals surface area contributed by atoms with E-state index in [0.29, 0.717) is 18.4 Å². The molecule has 1 atom stereocenters. The molecule has 106 valence electrons. The number of rotatable bonds is 4. The van der Waals surface area contributed by atoms with Crippen molar-refractivity contribution in [3.8, 4) is 5.75 Å². The van der Waals surface area contributed by atoms with Gasteiger partial charge in [-0.05, 0) is 36.6 Å². The number of anilines is 1. The molecular formula is C15H22FNOS. The van der Waals surface area contributed by atoms with Crippen molar-refractivity contribution in [3.63, 3.8) is 0 Å². The van der Waals surface area contributed by atoms with Crippen LogP contribution in [0.15, 0.2) is 18.2 Å². The Kier molecular flexibility index (Phi) is 4.61. The maximum absolute atomic E-state index is 13.3. The van der Waals surface area contributed by atoms with E-state index in [2.05, 4.69) is 19.2 Å². The van der Waals surface area contributed by atoms with E-state index in [4.69, 9.17) is 4.74 Å². The van der Waals surface area contributed by atoms with E-state index in [9.17, 15) is 4.39 Å². The Bertz CT molecular complexity index is 436. The van der Waals surface area contributed by atoms with Gasteiger partial charge in [0.15, 0.2) is 0 Å². The van der Waals surface area contributed by atoms with Crippen molar-refractivity contribution >= 4 is 17.4 Å². The third-order valence-corrected chi connectivity index (χ3v) is 4.75. The number of benzene rings is 1. The van der Waals surface area contributed by atoms with Crippen molar-refractivity contribution in [1.82, 2.24) is 0 Å². The number of hydrogen-bond donors (Lipinski definition) is 1. The first-order chi connectivity index (χ1) is 9.03. The maximum Gasteiger partial charge on any atom is 0.145 e. The lowest BCUT2D eigenvalue weighted by Crippen LogP contribution is -2.41. The first-order valence-corrected chi connectivity index (χ1v) is 7.95. The molecule has 1 aromatic carbocycles. The van der Waals surface area contributed by atoms with Crippen molar-refractivity contribution in [1.29, 1.82) is 0 Å². The quantitative estimate of drug-likeness (QED) is 0.896. The largest absolute Gasteiger partial charge is 0.492 e. The van der Waals surface area contributed by atoms with E-state index >= 15 is 0 Å². The van der Waals surface area contributed by atoms with Gasteiger partial charge in [-0.1, -0.05) is 13.8 Å². The topological polar surface area (TPSA) is 21.3 Å². The van der Waals surface area contributed by atoms with Gasteiger partial charge in [-0.2, -0.15) is 11.8 Å². The van der Waals surface area contributed by atoms with Crippen molar-refractivity contribution in [2.24, 2.45) is 5.41 Å². The number of halogens is 1. The summed E-state index contributed by atoms with van der Waals surface area (Å²) in [6, 6.07) is 5.09. The summed E-state index contributed by atoms with van der Waals surface area (Å²) in [4.78, 5) is 0. The molecule has 0 spiro atoms. The lowest BCUT2D eigenvalue weighted by molar-refractivity contribution is 0.302. The van der Waals surface area contributed by atoms with Crippen LogP contribution >= 0.6 is 11.8 Å². The maximum atomic E-state index is 13.3. The van der Waals surface area contributed by atoms with Gasteiger partial charge in [-0.25, -0.2) is 4.39 Å². The summed E-state index contributed by atoms with van der Waals surface area (Å²) in [5.74, 6) is 2.64. The predicted molar refractivity (Wildman–Crippen MR) is 80.7 cm³/mol. The molecule has 1 fully saturated rings. The molecule has 1 saturated heterocycles. The molecule has 19 heavy (non-hydrogen) atoms. The predicted octanol–water partition coefficient (Wildman–Crippen LogP) is 4.17. The van der Waals surface area contributed by atoms with Crippen LogP contribution in [0, 0.1) is 11.2 Å². The Morgan fingerprint density at radius 2 is 2.26 bits per heavy atom. The molecule has 1 unspecified atom stereocenters. The summed E-state index contributed by atoms with van der Waals surface area (Å²) in [6.45, 7) is 7.03. The van der Waals surface area contributed by atoms with Crippen molar-refractivity contribution in [2.75, 3.05) is 23.4 Å². The minimum Gasteiger partial charge on any atom is -0.492 e. The van der Waals surface area contributed by atoms with Gasteiger partial charge >= 0.3 is 0 Å². The average Bonchev–Trinajstić information content (AvgIpc) is 2.35. The van der Waals surface area contributed by atoms with Gasteiger partial charge < -0.3 is 10.1 Å². The number of hydrogen-bond acceptors (Lipinski definition) is 3. The van der Waals surface area contributed by atoms with Gasteiger partial charge in [0, 0.05) is 17.9 Å². The minimum atomic E-state index is -0.258. The smallest absolute Gasteiger partial charge is 0.145 e. The zero-order chi connectivity index (χ0) is 13.9. The molecule has 0 amide bonds. The Morgan fingerprint density at radius 3 is 2.95 bits per heavy atom. The minimum absolute atomic E-state index is 0.253. The summed E-state index contributed by atoms with van der Waals surface area (Å²) in [7, 11) is 0. The third kappa shape index (κ3) is 3.56. The normalized spacial score (nSPS) is 22.0. The van der Waals surface area contributed by atoms with Crippen LogP contribution in [0.5, 0.6) is 5.75 Å². The van der Waals surface area contributed by atoms with Crippen LogP contribution in [-0.4, -0.2) is 24.2 Å². The number of nitrogens with one attached hydrogen (secondary N) is 1. The highest BCUT2D eigenvalue weighted by atomic mass is 32.2. The fourth-order valence-electron chi connectivity index (χ4n) is 2.25. The second-order valence-corrected chi connectivity index (χ2v) is 6.73. The summed E-state index contributed by atoms with van der Waals surface area (Å²) in [5.41, 5.74) is 1.15. The number of ether oxygens (including phenoxy) is 1. The van der Waals surface area contributed by atoms with Crippen LogP contribution in [0.1, 0.15) is 27.2 Å². The van der Waals surface area contributed by atoms with Crippen molar-refractivity contribution in [3.05, 3.63) is 24.0 Å². The lowest BCUT2D eigenvalue weighted by atomic mass is 9.82. The zero-order valence-electron chi connectivity index (χ0n) is 11.8. The van der Waals surface area contributed by atoms with Gasteiger partial charge in [-0.15, -0.1) is 0 Å². The molecule has 0 aromatic heterocycles. The molecule has 2 rings (SSSR count). The van der Waals surface area contributed by atoms with E-state index in [1.165, 1.54) is 24.3 Å². The summed E-state index contributed by atoms with van der Waals surface area (Å²) < 4.78 is 18.8. The van der Waals surface area contributed by atoms with Crippen LogP contribution in [-0.2, 0) is 0 Å². The zero-order valence-corrected chi connectivity index (χ0v) is 12.6. The molecule has 0 saturated carbocycles. The van der Waals surface area contributed by atoms with E-state index in [0.717, 1.165) is 11.4 Å². The van der Waals surface area contributed by atoms with Crippen LogP contribution in [0.2, 0.25) is 0 Å². The Labute approximate surface area is 119 Å². The van der Waals surface area contributed by atoms with Crippen LogP contribution in [0.4, 0.5) is 10.1 Å². The van der Waals surface area contributed by atoms with E-state index in [1.54, 1.807) is 6.07 Å². The van der Waals surface area contributed by atoms with Crippen molar-refractivity contribution in [2.45, 2.75) is 33.2 Å². The molecular weight excluding hydrogens is 261 g/mol. The third-order valence-electron chi connectivity index (χ3n) is 3.69. The SMILES string of the molecule is CCOc1cc(F)ccc1NC1CSCCC1(C)C.